The summed E-state index contributed by atoms with van der Waals surface area (Å²) < 4.78 is 16.4. The summed E-state index contributed by atoms with van der Waals surface area (Å²) in [7, 11) is 1.64. The number of carbonyl (C=O) groups is 1. The number of carbonyl (C=O) groups excluding carboxylic acids is 1. The van der Waals surface area contributed by atoms with Crippen LogP contribution in [-0.4, -0.2) is 47.9 Å². The number of allylic oxidation sites excluding steroid dienone is 1. The fraction of sp³-hybridized carbons (Fsp3) is 0.320. The number of methoxy groups -OCH3 is 1. The molecule has 0 saturated carbocycles. The number of benzene rings is 2. The zero-order chi connectivity index (χ0) is 24.1. The van der Waals surface area contributed by atoms with Gasteiger partial charge in [0.25, 0.3) is 5.89 Å². The molecule has 0 aliphatic carbocycles. The Labute approximate surface area is 203 Å². The normalized spacial score (nSPS) is 16.1. The summed E-state index contributed by atoms with van der Waals surface area (Å²) in [5, 5.41) is 7.85. The molecule has 2 aromatic carbocycles. The smallest absolute Gasteiger partial charge is 0.322 e. The highest BCUT2D eigenvalue weighted by molar-refractivity contribution is 6.30. The third-order valence-electron chi connectivity index (χ3n) is 5.59. The average molecular weight is 483 g/mol. The van der Waals surface area contributed by atoms with Crippen LogP contribution < -0.4 is 10.1 Å². The van der Waals surface area contributed by atoms with Gasteiger partial charge < -0.3 is 19.3 Å². The maximum absolute atomic E-state index is 13.0. The lowest BCUT2D eigenvalue weighted by molar-refractivity contribution is 0.174. The highest BCUT2D eigenvalue weighted by Gasteiger charge is 2.35. The van der Waals surface area contributed by atoms with Crippen LogP contribution in [0.15, 0.2) is 58.8 Å². The summed E-state index contributed by atoms with van der Waals surface area (Å²) in [6.45, 7) is 5.47. The molecular weight excluding hydrogens is 456 g/mol. The van der Waals surface area contributed by atoms with Crippen molar-refractivity contribution in [1.82, 2.24) is 20.4 Å². The van der Waals surface area contributed by atoms with Crippen LogP contribution in [0, 0.1) is 0 Å². The lowest BCUT2D eigenvalue weighted by atomic mass is 9.94. The average Bonchev–Trinajstić information content (AvgIpc) is 3.31. The first-order valence-corrected chi connectivity index (χ1v) is 11.5. The molecule has 0 spiro atoms. The fourth-order valence-corrected chi connectivity index (χ4v) is 4.15. The van der Waals surface area contributed by atoms with Crippen LogP contribution in [-0.2, 0) is 4.74 Å². The minimum absolute atomic E-state index is 0.200. The van der Waals surface area contributed by atoms with E-state index in [1.165, 1.54) is 0 Å². The topological polar surface area (TPSA) is 89.7 Å². The number of hydrogen-bond donors (Lipinski definition) is 1. The second kappa shape index (κ2) is 10.7. The first-order valence-electron chi connectivity index (χ1n) is 11.1. The number of ether oxygens (including phenoxy) is 2. The van der Waals surface area contributed by atoms with Crippen molar-refractivity contribution < 1.29 is 18.8 Å². The van der Waals surface area contributed by atoms with E-state index >= 15 is 0 Å². The maximum Gasteiger partial charge on any atom is 0.322 e. The fourth-order valence-electron chi connectivity index (χ4n) is 3.95. The quantitative estimate of drug-likeness (QED) is 0.415. The maximum atomic E-state index is 13.0. The molecule has 8 nitrogen and oxygen atoms in total. The van der Waals surface area contributed by atoms with Gasteiger partial charge in [-0.2, -0.15) is 4.98 Å². The molecule has 1 aromatic heterocycles. The number of nitrogens with zero attached hydrogens (tertiary/aromatic N) is 3. The Morgan fingerprint density at radius 3 is 2.71 bits per heavy atom. The van der Waals surface area contributed by atoms with Gasteiger partial charge in [0.2, 0.25) is 5.82 Å². The van der Waals surface area contributed by atoms with Gasteiger partial charge in [0.1, 0.15) is 5.75 Å². The van der Waals surface area contributed by atoms with Crippen molar-refractivity contribution in [2.75, 3.05) is 26.9 Å². The van der Waals surface area contributed by atoms with Gasteiger partial charge in [0.05, 0.1) is 18.2 Å². The molecule has 1 unspecified atom stereocenters. The van der Waals surface area contributed by atoms with E-state index in [0.29, 0.717) is 42.9 Å². The van der Waals surface area contributed by atoms with Gasteiger partial charge in [0.15, 0.2) is 0 Å². The predicted octanol–water partition coefficient (Wildman–Crippen LogP) is 5.32. The molecule has 0 bridgehead atoms. The number of hydrogen-bond acceptors (Lipinski definition) is 6. The van der Waals surface area contributed by atoms with Gasteiger partial charge in [0, 0.05) is 36.5 Å². The largest absolute Gasteiger partial charge is 0.494 e. The minimum Gasteiger partial charge on any atom is -0.494 e. The van der Waals surface area contributed by atoms with Gasteiger partial charge in [-0.05, 0) is 62.2 Å². The number of aromatic nitrogens is 2. The molecule has 3 aromatic rings. The molecule has 178 valence electrons. The van der Waals surface area contributed by atoms with Gasteiger partial charge in [-0.3, -0.25) is 4.90 Å². The Hall–Kier alpha value is -3.36. The number of amides is 2. The van der Waals surface area contributed by atoms with E-state index in [4.69, 9.17) is 25.6 Å². The van der Waals surface area contributed by atoms with E-state index in [0.717, 1.165) is 28.1 Å². The van der Waals surface area contributed by atoms with Crippen LogP contribution >= 0.6 is 11.6 Å². The number of nitrogens with one attached hydrogen (secondary N) is 1. The van der Waals surface area contributed by atoms with Crippen LogP contribution in [0.3, 0.4) is 0 Å². The summed E-state index contributed by atoms with van der Waals surface area (Å²) in [5.74, 6) is 1.56. The lowest BCUT2D eigenvalue weighted by Crippen LogP contribution is -2.46. The summed E-state index contributed by atoms with van der Waals surface area (Å²) in [4.78, 5) is 19.3. The first kappa shape index (κ1) is 23.8. The Morgan fingerprint density at radius 1 is 1.21 bits per heavy atom. The van der Waals surface area contributed by atoms with Crippen LogP contribution in [0.4, 0.5) is 4.79 Å². The Morgan fingerprint density at radius 2 is 2.00 bits per heavy atom. The second-order valence-corrected chi connectivity index (χ2v) is 8.25. The van der Waals surface area contributed by atoms with Crippen molar-refractivity contribution in [2.24, 2.45) is 0 Å². The molecule has 1 aliphatic rings. The van der Waals surface area contributed by atoms with Crippen LogP contribution in [0.1, 0.15) is 37.8 Å². The van der Waals surface area contributed by atoms with Gasteiger partial charge >= 0.3 is 6.03 Å². The SMILES string of the molecule is CCOc1ccc(-c2noc(C3=C(C)N(CCCOC)C(=O)NC3c3cccc(Cl)c3)n2)cc1. The number of rotatable bonds is 9. The molecule has 1 aliphatic heterocycles. The van der Waals surface area contributed by atoms with Crippen LogP contribution in [0.5, 0.6) is 5.75 Å². The second-order valence-electron chi connectivity index (χ2n) is 7.82. The molecule has 2 heterocycles. The Bertz CT molecular complexity index is 1180. The van der Waals surface area contributed by atoms with Gasteiger partial charge in [-0.1, -0.05) is 28.9 Å². The summed E-state index contributed by atoms with van der Waals surface area (Å²) in [5.41, 5.74) is 3.09. The van der Waals surface area contributed by atoms with Crippen LogP contribution in [0.2, 0.25) is 5.02 Å². The zero-order valence-corrected chi connectivity index (χ0v) is 20.1. The standard InChI is InChI=1S/C25H27ClN4O4/c1-4-33-20-11-9-17(10-12-20)23-28-24(34-29-23)21-16(2)30(13-6-14-32-3)25(31)27-22(21)18-7-5-8-19(26)15-18/h5,7-12,15,22H,4,6,13-14H2,1-3H3,(H,27,31). The molecule has 0 radical (unpaired) electrons. The molecule has 0 fully saturated rings. The summed E-state index contributed by atoms with van der Waals surface area (Å²) >= 11 is 6.25. The Balaban J connectivity index is 1.73. The van der Waals surface area contributed by atoms with Crippen molar-refractivity contribution in [1.29, 1.82) is 0 Å². The highest BCUT2D eigenvalue weighted by atomic mass is 35.5. The summed E-state index contributed by atoms with van der Waals surface area (Å²) in [6, 6.07) is 14.2. The Kier molecular flexibility index (Phi) is 7.49. The van der Waals surface area contributed by atoms with Gasteiger partial charge in [-0.15, -0.1) is 0 Å². The van der Waals surface area contributed by atoms with Crippen molar-refractivity contribution in [3.05, 3.63) is 70.7 Å². The van der Waals surface area contributed by atoms with E-state index in [-0.39, 0.29) is 6.03 Å². The summed E-state index contributed by atoms with van der Waals surface area (Å²) in [6.07, 6.45) is 0.692. The molecule has 34 heavy (non-hydrogen) atoms. The lowest BCUT2D eigenvalue weighted by Gasteiger charge is -2.35. The van der Waals surface area contributed by atoms with Crippen molar-refractivity contribution >= 4 is 23.2 Å². The van der Waals surface area contributed by atoms with E-state index in [9.17, 15) is 4.79 Å². The van der Waals surface area contributed by atoms with Crippen molar-refractivity contribution in [3.63, 3.8) is 0 Å². The first-order chi connectivity index (χ1) is 16.5. The van der Waals surface area contributed by atoms with E-state index in [2.05, 4.69) is 15.5 Å². The number of halogens is 1. The molecule has 2 amide bonds. The highest BCUT2D eigenvalue weighted by Crippen LogP contribution is 2.38. The van der Waals surface area contributed by atoms with E-state index in [1.54, 1.807) is 18.1 Å². The third-order valence-corrected chi connectivity index (χ3v) is 5.82. The van der Waals surface area contributed by atoms with Crippen molar-refractivity contribution in [3.8, 4) is 17.1 Å². The molecular formula is C25H27ClN4O4. The van der Waals surface area contributed by atoms with E-state index in [1.807, 2.05) is 56.3 Å². The zero-order valence-electron chi connectivity index (χ0n) is 19.4. The van der Waals surface area contributed by atoms with E-state index < -0.39 is 6.04 Å². The van der Waals surface area contributed by atoms with Gasteiger partial charge in [-0.25, -0.2) is 4.79 Å². The molecule has 0 saturated heterocycles. The monoisotopic (exact) mass is 482 g/mol. The van der Waals surface area contributed by atoms with Crippen molar-refractivity contribution in [2.45, 2.75) is 26.3 Å². The number of urea groups is 1. The minimum atomic E-state index is -0.487. The van der Waals surface area contributed by atoms with Crippen LogP contribution in [0.25, 0.3) is 17.0 Å². The molecule has 1 N–H and O–H groups in total. The molecule has 9 heteroatoms. The third kappa shape index (κ3) is 5.08. The molecule has 4 rings (SSSR count). The predicted molar refractivity (Wildman–Crippen MR) is 129 cm³/mol. The molecule has 1 atom stereocenters.